The number of hydrogen-bond donors (Lipinski definition) is 1. The van der Waals surface area contributed by atoms with Gasteiger partial charge in [-0.3, -0.25) is 9.78 Å². The SMILES string of the molecule is Cl.O=C(CSc1ccc(Cl)cc1)N(Cc1ccccn1)C1CCCNCC1. The Hall–Kier alpha value is -1.27. The van der Waals surface area contributed by atoms with E-state index in [1.54, 1.807) is 18.0 Å². The molecule has 1 amide bonds. The number of nitrogens with one attached hydrogen (secondary N) is 1. The van der Waals surface area contributed by atoms with Gasteiger partial charge in [-0.2, -0.15) is 0 Å². The second kappa shape index (κ2) is 11.5. The van der Waals surface area contributed by atoms with Crippen molar-refractivity contribution in [1.82, 2.24) is 15.2 Å². The molecule has 1 unspecified atom stereocenters. The van der Waals surface area contributed by atoms with Crippen molar-refractivity contribution in [1.29, 1.82) is 0 Å². The Kier molecular flexibility index (Phi) is 9.42. The van der Waals surface area contributed by atoms with Gasteiger partial charge in [0.1, 0.15) is 0 Å². The van der Waals surface area contributed by atoms with E-state index >= 15 is 0 Å². The quantitative estimate of drug-likeness (QED) is 0.695. The molecule has 0 spiro atoms. The molecule has 1 aromatic carbocycles. The van der Waals surface area contributed by atoms with E-state index in [0.29, 0.717) is 17.3 Å². The Balaban J connectivity index is 0.00000261. The lowest BCUT2D eigenvalue weighted by Crippen LogP contribution is -2.41. The smallest absolute Gasteiger partial charge is 0.233 e. The number of nitrogens with zero attached hydrogens (tertiary/aromatic N) is 2. The van der Waals surface area contributed by atoms with E-state index in [0.717, 1.165) is 42.9 Å². The van der Waals surface area contributed by atoms with Gasteiger partial charge in [0.15, 0.2) is 0 Å². The van der Waals surface area contributed by atoms with Gasteiger partial charge in [-0.25, -0.2) is 0 Å². The van der Waals surface area contributed by atoms with Crippen LogP contribution in [0.15, 0.2) is 53.6 Å². The van der Waals surface area contributed by atoms with Crippen LogP contribution in [-0.4, -0.2) is 40.7 Å². The van der Waals surface area contributed by atoms with Gasteiger partial charge in [-0.05, 0) is 68.8 Å². The van der Waals surface area contributed by atoms with E-state index in [1.807, 2.05) is 47.4 Å². The summed E-state index contributed by atoms with van der Waals surface area (Å²) in [5, 5.41) is 4.14. The molecule has 146 valence electrons. The number of aromatic nitrogens is 1. The van der Waals surface area contributed by atoms with Crippen LogP contribution in [0.2, 0.25) is 5.02 Å². The number of benzene rings is 1. The van der Waals surface area contributed by atoms with Crippen LogP contribution < -0.4 is 5.32 Å². The van der Waals surface area contributed by atoms with Gasteiger partial charge in [0.25, 0.3) is 0 Å². The van der Waals surface area contributed by atoms with Crippen molar-refractivity contribution >= 4 is 41.7 Å². The minimum Gasteiger partial charge on any atom is -0.333 e. The number of amides is 1. The number of hydrogen-bond acceptors (Lipinski definition) is 4. The van der Waals surface area contributed by atoms with Crippen LogP contribution in [0.5, 0.6) is 0 Å². The van der Waals surface area contributed by atoms with Crippen LogP contribution in [0.25, 0.3) is 0 Å². The molecule has 0 aliphatic carbocycles. The standard InChI is InChI=1S/C20H24ClN3OS.ClH/c21-16-6-8-19(9-7-16)26-15-20(25)24(14-17-4-1-2-12-23-17)18-5-3-11-22-13-10-18;/h1-2,4,6-9,12,18,22H,3,5,10-11,13-15H2;1H. The molecule has 7 heteroatoms. The molecule has 1 aliphatic rings. The highest BCUT2D eigenvalue weighted by Crippen LogP contribution is 2.23. The summed E-state index contributed by atoms with van der Waals surface area (Å²) in [5.74, 6) is 0.598. The number of rotatable bonds is 6. The molecule has 2 heterocycles. The van der Waals surface area contributed by atoms with Gasteiger partial charge in [-0.15, -0.1) is 24.2 Å². The van der Waals surface area contributed by atoms with Crippen LogP contribution in [0, 0.1) is 0 Å². The van der Waals surface area contributed by atoms with Crippen molar-refractivity contribution in [3.63, 3.8) is 0 Å². The third-order valence-electron chi connectivity index (χ3n) is 4.54. The van der Waals surface area contributed by atoms with Crippen molar-refractivity contribution < 1.29 is 4.79 Å². The molecule has 3 rings (SSSR count). The average Bonchev–Trinajstić information content (AvgIpc) is 2.95. The lowest BCUT2D eigenvalue weighted by atomic mass is 10.1. The number of carbonyl (C=O) groups excluding carboxylic acids is 1. The zero-order valence-electron chi connectivity index (χ0n) is 15.1. The lowest BCUT2D eigenvalue weighted by Gasteiger charge is -2.31. The minimum absolute atomic E-state index is 0. The molecule has 1 atom stereocenters. The number of halogens is 2. The number of pyridine rings is 1. The summed E-state index contributed by atoms with van der Waals surface area (Å²) in [6.45, 7) is 2.56. The first kappa shape index (κ1) is 22.0. The maximum atomic E-state index is 13.0. The van der Waals surface area contributed by atoms with Crippen LogP contribution in [0.1, 0.15) is 25.0 Å². The van der Waals surface area contributed by atoms with Crippen LogP contribution in [0.4, 0.5) is 0 Å². The monoisotopic (exact) mass is 425 g/mol. The highest BCUT2D eigenvalue weighted by Gasteiger charge is 2.25. The normalized spacial score (nSPS) is 16.9. The highest BCUT2D eigenvalue weighted by atomic mass is 35.5. The van der Waals surface area contributed by atoms with Crippen molar-refractivity contribution in [3.8, 4) is 0 Å². The van der Waals surface area contributed by atoms with Crippen LogP contribution in [0.3, 0.4) is 0 Å². The zero-order valence-corrected chi connectivity index (χ0v) is 17.5. The molecule has 1 aromatic heterocycles. The van der Waals surface area contributed by atoms with Gasteiger partial charge < -0.3 is 10.2 Å². The summed E-state index contributed by atoms with van der Waals surface area (Å²) in [7, 11) is 0. The van der Waals surface area contributed by atoms with E-state index < -0.39 is 0 Å². The third-order valence-corrected chi connectivity index (χ3v) is 5.79. The van der Waals surface area contributed by atoms with Gasteiger partial charge in [0.05, 0.1) is 18.0 Å². The number of thioether (sulfide) groups is 1. The first-order chi connectivity index (χ1) is 12.7. The summed E-state index contributed by atoms with van der Waals surface area (Å²) in [6, 6.07) is 13.8. The maximum absolute atomic E-state index is 13.0. The predicted molar refractivity (Wildman–Crippen MR) is 115 cm³/mol. The highest BCUT2D eigenvalue weighted by molar-refractivity contribution is 8.00. The number of carbonyl (C=O) groups is 1. The molecule has 2 aromatic rings. The van der Waals surface area contributed by atoms with Crippen molar-refractivity contribution in [3.05, 3.63) is 59.4 Å². The molecule has 0 bridgehead atoms. The molecule has 1 saturated heterocycles. The fourth-order valence-corrected chi connectivity index (χ4v) is 4.07. The second-order valence-electron chi connectivity index (χ2n) is 6.42. The maximum Gasteiger partial charge on any atom is 0.233 e. The molecule has 1 N–H and O–H groups in total. The summed E-state index contributed by atoms with van der Waals surface area (Å²) in [5.41, 5.74) is 0.939. The fourth-order valence-electron chi connectivity index (χ4n) is 3.16. The Morgan fingerprint density at radius 2 is 2.00 bits per heavy atom. The minimum atomic E-state index is 0. The Labute approximate surface area is 176 Å². The van der Waals surface area contributed by atoms with Gasteiger partial charge in [-0.1, -0.05) is 17.7 Å². The van der Waals surface area contributed by atoms with Crippen molar-refractivity contribution in [2.75, 3.05) is 18.8 Å². The molecule has 1 aliphatic heterocycles. The summed E-state index contributed by atoms with van der Waals surface area (Å²) in [4.78, 5) is 20.5. The molecular weight excluding hydrogens is 401 g/mol. The molecule has 27 heavy (non-hydrogen) atoms. The molecule has 1 fully saturated rings. The lowest BCUT2D eigenvalue weighted by molar-refractivity contribution is -0.131. The topological polar surface area (TPSA) is 45.2 Å². The van der Waals surface area contributed by atoms with Crippen molar-refractivity contribution in [2.24, 2.45) is 0 Å². The largest absolute Gasteiger partial charge is 0.333 e. The van der Waals surface area contributed by atoms with E-state index in [2.05, 4.69) is 10.3 Å². The Bertz CT molecular complexity index is 692. The molecule has 0 radical (unpaired) electrons. The van der Waals surface area contributed by atoms with Crippen LogP contribution in [-0.2, 0) is 11.3 Å². The van der Waals surface area contributed by atoms with E-state index in [-0.39, 0.29) is 24.4 Å². The summed E-state index contributed by atoms with van der Waals surface area (Å²) >= 11 is 7.49. The van der Waals surface area contributed by atoms with Gasteiger partial charge in [0, 0.05) is 22.2 Å². The summed E-state index contributed by atoms with van der Waals surface area (Å²) < 4.78 is 0. The summed E-state index contributed by atoms with van der Waals surface area (Å²) in [6.07, 6.45) is 4.91. The second-order valence-corrected chi connectivity index (χ2v) is 7.91. The average molecular weight is 426 g/mol. The molecular formula is C20H25Cl2N3OS. The van der Waals surface area contributed by atoms with E-state index in [9.17, 15) is 4.79 Å². The van der Waals surface area contributed by atoms with E-state index in [4.69, 9.17) is 11.6 Å². The first-order valence-corrected chi connectivity index (χ1v) is 10.4. The van der Waals surface area contributed by atoms with Crippen molar-refractivity contribution in [2.45, 2.75) is 36.7 Å². The molecule has 0 saturated carbocycles. The third kappa shape index (κ3) is 7.00. The molecule has 4 nitrogen and oxygen atoms in total. The first-order valence-electron chi connectivity index (χ1n) is 9.01. The zero-order chi connectivity index (χ0) is 18.2. The Morgan fingerprint density at radius 1 is 1.19 bits per heavy atom. The van der Waals surface area contributed by atoms with Gasteiger partial charge >= 0.3 is 0 Å². The Morgan fingerprint density at radius 3 is 2.74 bits per heavy atom. The van der Waals surface area contributed by atoms with Crippen LogP contribution >= 0.6 is 35.8 Å². The fraction of sp³-hybridized carbons (Fsp3) is 0.400. The van der Waals surface area contributed by atoms with E-state index in [1.165, 1.54) is 0 Å². The predicted octanol–water partition coefficient (Wildman–Crippen LogP) is 4.42. The van der Waals surface area contributed by atoms with Gasteiger partial charge in [0.2, 0.25) is 5.91 Å².